The fraction of sp³-hybridized carbons (Fsp3) is 0.368. The van der Waals surface area contributed by atoms with Crippen LogP contribution in [0, 0.1) is 5.41 Å². The summed E-state index contributed by atoms with van der Waals surface area (Å²) >= 11 is 0. The number of amides is 1. The highest BCUT2D eigenvalue weighted by molar-refractivity contribution is 5.85. The molecule has 0 spiro atoms. The molecule has 2 aromatic rings. The lowest BCUT2D eigenvalue weighted by Gasteiger charge is -2.34. The fourth-order valence-electron chi connectivity index (χ4n) is 3.00. The zero-order valence-electron chi connectivity index (χ0n) is 14.5. The number of aromatic nitrogens is 1. The summed E-state index contributed by atoms with van der Waals surface area (Å²) in [6, 6.07) is 12.1. The van der Waals surface area contributed by atoms with Crippen molar-refractivity contribution in [1.29, 1.82) is 0 Å². The largest absolute Gasteiger partial charge is 0.381 e. The molecule has 0 radical (unpaired) electrons. The van der Waals surface area contributed by atoms with Crippen molar-refractivity contribution < 1.29 is 9.53 Å². The number of hydrogen-bond acceptors (Lipinski definition) is 4. The minimum atomic E-state index is -0.478. The molecule has 1 aliphatic heterocycles. The van der Waals surface area contributed by atoms with E-state index in [1.807, 2.05) is 42.6 Å². The van der Waals surface area contributed by atoms with Crippen LogP contribution in [0.4, 0.5) is 0 Å². The third-order valence-electron chi connectivity index (χ3n) is 4.72. The molecule has 5 nitrogen and oxygen atoms in total. The molecule has 1 saturated heterocycles. The van der Waals surface area contributed by atoms with Gasteiger partial charge in [0.1, 0.15) is 0 Å². The van der Waals surface area contributed by atoms with E-state index >= 15 is 0 Å². The van der Waals surface area contributed by atoms with Crippen molar-refractivity contribution in [3.8, 4) is 11.1 Å². The number of carbonyl (C=O) groups excluding carboxylic acids is 1. The van der Waals surface area contributed by atoms with E-state index in [1.54, 1.807) is 6.20 Å². The monoisotopic (exact) mass is 397 g/mol. The maximum atomic E-state index is 12.6. The third kappa shape index (κ3) is 5.17. The smallest absolute Gasteiger partial charge is 0.227 e. The lowest BCUT2D eigenvalue weighted by molar-refractivity contribution is -0.136. The summed E-state index contributed by atoms with van der Waals surface area (Å²) in [4.78, 5) is 16.7. The fourth-order valence-corrected chi connectivity index (χ4v) is 3.00. The Balaban J connectivity index is 0.00000169. The summed E-state index contributed by atoms with van der Waals surface area (Å²) in [5.74, 6) is 0.0321. The molecule has 1 aromatic carbocycles. The van der Waals surface area contributed by atoms with Gasteiger partial charge in [0.15, 0.2) is 0 Å². The van der Waals surface area contributed by atoms with Crippen molar-refractivity contribution >= 4 is 30.7 Å². The van der Waals surface area contributed by atoms with Crippen molar-refractivity contribution in [1.82, 2.24) is 10.3 Å². The molecule has 142 valence electrons. The minimum Gasteiger partial charge on any atom is -0.381 e. The Morgan fingerprint density at radius 1 is 1.12 bits per heavy atom. The maximum absolute atomic E-state index is 12.6. The minimum absolute atomic E-state index is 0. The standard InChI is InChI=1S/C19H23N3O2.2ClH/c20-14-19(7-10-24-11-8-19)18(23)22-12-15-3-5-16(6-4-15)17-2-1-9-21-13-17;;/h1-6,9,13H,7-8,10-12,14,20H2,(H,22,23);2*1H. The van der Waals surface area contributed by atoms with E-state index in [4.69, 9.17) is 10.5 Å². The summed E-state index contributed by atoms with van der Waals surface area (Å²) in [6.45, 7) is 2.08. The molecule has 1 aromatic heterocycles. The number of ether oxygens (including phenoxy) is 1. The number of nitrogens with two attached hydrogens (primary N) is 1. The van der Waals surface area contributed by atoms with Gasteiger partial charge >= 0.3 is 0 Å². The van der Waals surface area contributed by atoms with Gasteiger partial charge in [0.05, 0.1) is 5.41 Å². The lowest BCUT2D eigenvalue weighted by Crippen LogP contribution is -2.48. The number of pyridine rings is 1. The van der Waals surface area contributed by atoms with Crippen LogP contribution in [-0.4, -0.2) is 30.6 Å². The molecule has 3 rings (SSSR count). The Labute approximate surface area is 166 Å². The summed E-state index contributed by atoms with van der Waals surface area (Å²) < 4.78 is 5.35. The number of carbonyl (C=O) groups is 1. The van der Waals surface area contributed by atoms with Gasteiger partial charge < -0.3 is 15.8 Å². The second-order valence-electron chi connectivity index (χ2n) is 6.22. The van der Waals surface area contributed by atoms with E-state index in [0.717, 1.165) is 16.7 Å². The highest BCUT2D eigenvalue weighted by Gasteiger charge is 2.38. The SMILES string of the molecule is Cl.Cl.NCC1(C(=O)NCc2ccc(-c3cccnc3)cc2)CCOCC1. The molecule has 0 saturated carbocycles. The van der Waals surface area contributed by atoms with Crippen LogP contribution < -0.4 is 11.1 Å². The van der Waals surface area contributed by atoms with E-state index in [2.05, 4.69) is 10.3 Å². The van der Waals surface area contributed by atoms with Crippen LogP contribution >= 0.6 is 24.8 Å². The summed E-state index contributed by atoms with van der Waals surface area (Å²) in [5, 5.41) is 3.03. The molecule has 2 heterocycles. The average Bonchev–Trinajstić information content (AvgIpc) is 2.67. The second kappa shape index (κ2) is 10.5. The molecule has 1 fully saturated rings. The second-order valence-corrected chi connectivity index (χ2v) is 6.22. The predicted molar refractivity (Wildman–Crippen MR) is 108 cm³/mol. The first-order chi connectivity index (χ1) is 11.7. The first kappa shape index (κ1) is 22.4. The van der Waals surface area contributed by atoms with Gasteiger partial charge in [-0.15, -0.1) is 24.8 Å². The lowest BCUT2D eigenvalue weighted by atomic mass is 9.79. The Morgan fingerprint density at radius 3 is 2.38 bits per heavy atom. The molecular formula is C19H25Cl2N3O2. The van der Waals surface area contributed by atoms with Gasteiger partial charge in [-0.05, 0) is 35.6 Å². The van der Waals surface area contributed by atoms with Gasteiger partial charge in [0.25, 0.3) is 0 Å². The highest BCUT2D eigenvalue weighted by atomic mass is 35.5. The van der Waals surface area contributed by atoms with Crippen molar-refractivity contribution in [3.63, 3.8) is 0 Å². The molecule has 0 atom stereocenters. The normalized spacial score (nSPS) is 15.3. The van der Waals surface area contributed by atoms with Gasteiger partial charge in [0, 0.05) is 38.7 Å². The van der Waals surface area contributed by atoms with Crippen molar-refractivity contribution in [2.45, 2.75) is 19.4 Å². The van der Waals surface area contributed by atoms with Crippen molar-refractivity contribution in [2.24, 2.45) is 11.1 Å². The first-order valence-corrected chi connectivity index (χ1v) is 8.29. The number of rotatable bonds is 5. The van der Waals surface area contributed by atoms with Gasteiger partial charge in [0.2, 0.25) is 5.91 Å². The van der Waals surface area contributed by atoms with Gasteiger partial charge in [-0.1, -0.05) is 30.3 Å². The number of halogens is 2. The van der Waals surface area contributed by atoms with Crippen LogP contribution in [-0.2, 0) is 16.1 Å². The molecule has 0 bridgehead atoms. The van der Waals surface area contributed by atoms with Crippen LogP contribution in [0.15, 0.2) is 48.8 Å². The van der Waals surface area contributed by atoms with E-state index in [1.165, 1.54) is 0 Å². The van der Waals surface area contributed by atoms with E-state index < -0.39 is 5.41 Å². The number of nitrogens with one attached hydrogen (secondary N) is 1. The Morgan fingerprint density at radius 2 is 1.81 bits per heavy atom. The molecule has 26 heavy (non-hydrogen) atoms. The molecule has 1 amide bonds. The quantitative estimate of drug-likeness (QED) is 0.812. The molecular weight excluding hydrogens is 373 g/mol. The number of benzene rings is 1. The van der Waals surface area contributed by atoms with E-state index in [-0.39, 0.29) is 30.7 Å². The summed E-state index contributed by atoms with van der Waals surface area (Å²) in [7, 11) is 0. The number of hydrogen-bond donors (Lipinski definition) is 2. The summed E-state index contributed by atoms with van der Waals surface area (Å²) in [5.41, 5.74) is 8.65. The van der Waals surface area contributed by atoms with Gasteiger partial charge in [-0.25, -0.2) is 0 Å². The number of nitrogens with zero attached hydrogens (tertiary/aromatic N) is 1. The van der Waals surface area contributed by atoms with Crippen molar-refractivity contribution in [3.05, 3.63) is 54.4 Å². The first-order valence-electron chi connectivity index (χ1n) is 8.29. The Hall–Kier alpha value is -1.66. The topological polar surface area (TPSA) is 77.2 Å². The zero-order valence-corrected chi connectivity index (χ0v) is 16.2. The van der Waals surface area contributed by atoms with E-state index in [0.29, 0.717) is 39.1 Å². The maximum Gasteiger partial charge on any atom is 0.227 e. The van der Waals surface area contributed by atoms with Crippen LogP contribution in [0.5, 0.6) is 0 Å². The summed E-state index contributed by atoms with van der Waals surface area (Å²) in [6.07, 6.45) is 4.98. The van der Waals surface area contributed by atoms with Crippen LogP contribution in [0.1, 0.15) is 18.4 Å². The Bertz CT molecular complexity index is 675. The molecule has 1 aliphatic rings. The van der Waals surface area contributed by atoms with Crippen LogP contribution in [0.2, 0.25) is 0 Å². The van der Waals surface area contributed by atoms with Crippen molar-refractivity contribution in [2.75, 3.05) is 19.8 Å². The van der Waals surface area contributed by atoms with Crippen LogP contribution in [0.25, 0.3) is 11.1 Å². The predicted octanol–water partition coefficient (Wildman–Crippen LogP) is 2.96. The average molecular weight is 398 g/mol. The third-order valence-corrected chi connectivity index (χ3v) is 4.72. The zero-order chi connectivity index (χ0) is 16.8. The Kier molecular flexibility index (Phi) is 9.02. The van der Waals surface area contributed by atoms with Crippen LogP contribution in [0.3, 0.4) is 0 Å². The molecule has 0 unspecified atom stereocenters. The molecule has 0 aliphatic carbocycles. The highest BCUT2D eigenvalue weighted by Crippen LogP contribution is 2.29. The molecule has 3 N–H and O–H groups in total. The van der Waals surface area contributed by atoms with E-state index in [9.17, 15) is 4.79 Å². The molecule has 7 heteroatoms. The van der Waals surface area contributed by atoms with Gasteiger partial charge in [-0.2, -0.15) is 0 Å². The van der Waals surface area contributed by atoms with Gasteiger partial charge in [-0.3, -0.25) is 9.78 Å².